The Morgan fingerprint density at radius 1 is 0.926 bits per heavy atom. The molecule has 0 bridgehead atoms. The van der Waals surface area contributed by atoms with Gasteiger partial charge in [0, 0.05) is 12.1 Å². The first-order chi connectivity index (χ1) is 13.1. The topological polar surface area (TPSA) is 54.0 Å². The number of hydrogen-bond acceptors (Lipinski definition) is 3. The van der Waals surface area contributed by atoms with Crippen molar-refractivity contribution in [2.24, 2.45) is 0 Å². The molecule has 0 atom stereocenters. The van der Waals surface area contributed by atoms with E-state index in [4.69, 9.17) is 0 Å². The van der Waals surface area contributed by atoms with Crippen LogP contribution in [-0.2, 0) is 11.2 Å². The van der Waals surface area contributed by atoms with Gasteiger partial charge in [-0.05, 0) is 47.7 Å². The van der Waals surface area contributed by atoms with E-state index in [1.165, 1.54) is 5.56 Å². The van der Waals surface area contributed by atoms with E-state index in [1.807, 2.05) is 42.5 Å². The van der Waals surface area contributed by atoms with Crippen LogP contribution < -0.4 is 10.6 Å². The van der Waals surface area contributed by atoms with Crippen molar-refractivity contribution in [1.82, 2.24) is 4.98 Å². The predicted molar refractivity (Wildman–Crippen MR) is 111 cm³/mol. The van der Waals surface area contributed by atoms with Gasteiger partial charge in [0.25, 0.3) is 0 Å². The minimum Gasteiger partial charge on any atom is -0.340 e. The number of nitrogens with zero attached hydrogens (tertiary/aromatic N) is 1. The molecule has 0 spiro atoms. The summed E-state index contributed by atoms with van der Waals surface area (Å²) in [6.45, 7) is 4.35. The largest absolute Gasteiger partial charge is 0.340 e. The maximum Gasteiger partial charge on any atom is 0.224 e. The number of anilines is 3. The molecule has 0 saturated heterocycles. The summed E-state index contributed by atoms with van der Waals surface area (Å²) in [5, 5.41) is 6.17. The molecule has 0 radical (unpaired) electrons. The predicted octanol–water partition coefficient (Wildman–Crippen LogP) is 5.52. The minimum atomic E-state index is -0.00867. The summed E-state index contributed by atoms with van der Waals surface area (Å²) >= 11 is 0. The molecular weight excluding hydrogens is 334 g/mol. The van der Waals surface area contributed by atoms with Gasteiger partial charge in [-0.3, -0.25) is 4.79 Å². The summed E-state index contributed by atoms with van der Waals surface area (Å²) in [7, 11) is 0. The van der Waals surface area contributed by atoms with E-state index in [9.17, 15) is 4.79 Å². The summed E-state index contributed by atoms with van der Waals surface area (Å²) in [6, 6.07) is 22.1. The molecule has 4 heteroatoms. The van der Waals surface area contributed by atoms with E-state index >= 15 is 0 Å². The van der Waals surface area contributed by atoms with Crippen molar-refractivity contribution in [3.05, 3.63) is 84.1 Å². The van der Waals surface area contributed by atoms with E-state index in [2.05, 4.69) is 53.7 Å². The number of aromatic nitrogens is 1. The Hall–Kier alpha value is -3.14. The lowest BCUT2D eigenvalue weighted by Gasteiger charge is -2.10. The van der Waals surface area contributed by atoms with Crippen molar-refractivity contribution >= 4 is 23.1 Å². The van der Waals surface area contributed by atoms with Crippen LogP contribution in [0.25, 0.3) is 0 Å². The number of hydrogen-bond donors (Lipinski definition) is 2. The Morgan fingerprint density at radius 2 is 1.63 bits per heavy atom. The smallest absolute Gasteiger partial charge is 0.224 e. The Morgan fingerprint density at radius 3 is 2.26 bits per heavy atom. The van der Waals surface area contributed by atoms with Gasteiger partial charge >= 0.3 is 0 Å². The van der Waals surface area contributed by atoms with E-state index in [0.717, 1.165) is 23.5 Å². The summed E-state index contributed by atoms with van der Waals surface area (Å²) in [5.74, 6) is 1.25. The highest BCUT2D eigenvalue weighted by molar-refractivity contribution is 5.90. The van der Waals surface area contributed by atoms with Crippen LogP contribution in [0.1, 0.15) is 37.3 Å². The first kappa shape index (κ1) is 18.6. The molecule has 0 aliphatic carbocycles. The highest BCUT2D eigenvalue weighted by Gasteiger charge is 2.04. The first-order valence-corrected chi connectivity index (χ1v) is 9.27. The highest BCUT2D eigenvalue weighted by Crippen LogP contribution is 2.20. The van der Waals surface area contributed by atoms with Crippen LogP contribution in [0.15, 0.2) is 72.9 Å². The fourth-order valence-electron chi connectivity index (χ4n) is 2.77. The molecule has 138 valence electrons. The molecule has 0 saturated carbocycles. The SMILES string of the molecule is CC(C)c1ccc(Nc2ccc(NC(=O)CCc3ccccc3)cn2)cc1. The average Bonchev–Trinajstić information content (AvgIpc) is 2.69. The van der Waals surface area contributed by atoms with Crippen LogP contribution >= 0.6 is 0 Å². The number of carbonyl (C=O) groups excluding carboxylic acids is 1. The standard InChI is InChI=1S/C23H25N3O/c1-17(2)19-9-11-20(12-10-19)25-22-14-13-21(16-24-22)26-23(27)15-8-18-6-4-3-5-7-18/h3-7,9-14,16-17H,8,15H2,1-2H3,(H,24,25)(H,26,27). The van der Waals surface area contributed by atoms with Gasteiger partial charge in [0.1, 0.15) is 5.82 Å². The number of nitrogens with one attached hydrogen (secondary N) is 2. The Balaban J connectivity index is 1.51. The molecule has 1 heterocycles. The zero-order chi connectivity index (χ0) is 19.1. The fourth-order valence-corrected chi connectivity index (χ4v) is 2.77. The van der Waals surface area contributed by atoms with E-state index < -0.39 is 0 Å². The zero-order valence-electron chi connectivity index (χ0n) is 15.8. The normalized spacial score (nSPS) is 10.6. The number of aryl methyl sites for hydroxylation is 1. The summed E-state index contributed by atoms with van der Waals surface area (Å²) < 4.78 is 0. The number of pyridine rings is 1. The van der Waals surface area contributed by atoms with Gasteiger partial charge in [-0.25, -0.2) is 4.98 Å². The second-order valence-corrected chi connectivity index (χ2v) is 6.87. The molecule has 0 fully saturated rings. The van der Waals surface area contributed by atoms with Gasteiger partial charge in [0.05, 0.1) is 11.9 Å². The van der Waals surface area contributed by atoms with Gasteiger partial charge in [0.2, 0.25) is 5.91 Å². The minimum absolute atomic E-state index is 0.00867. The van der Waals surface area contributed by atoms with Crippen molar-refractivity contribution in [2.45, 2.75) is 32.6 Å². The van der Waals surface area contributed by atoms with Crippen molar-refractivity contribution in [2.75, 3.05) is 10.6 Å². The molecule has 1 aromatic heterocycles. The molecule has 2 aromatic carbocycles. The molecule has 2 N–H and O–H groups in total. The Kier molecular flexibility index (Phi) is 6.21. The quantitative estimate of drug-likeness (QED) is 0.584. The molecular formula is C23H25N3O. The summed E-state index contributed by atoms with van der Waals surface area (Å²) in [4.78, 5) is 16.5. The number of amides is 1. The summed E-state index contributed by atoms with van der Waals surface area (Å²) in [6.07, 6.45) is 2.85. The third kappa shape index (κ3) is 5.68. The molecule has 1 amide bonds. The molecule has 27 heavy (non-hydrogen) atoms. The van der Waals surface area contributed by atoms with Crippen molar-refractivity contribution in [1.29, 1.82) is 0 Å². The van der Waals surface area contributed by atoms with Crippen molar-refractivity contribution in [3.63, 3.8) is 0 Å². The molecule has 0 unspecified atom stereocenters. The van der Waals surface area contributed by atoms with E-state index in [0.29, 0.717) is 18.0 Å². The molecule has 3 aromatic rings. The number of carbonyl (C=O) groups is 1. The van der Waals surface area contributed by atoms with Crippen LogP contribution in [0, 0.1) is 0 Å². The monoisotopic (exact) mass is 359 g/mol. The first-order valence-electron chi connectivity index (χ1n) is 9.27. The number of rotatable bonds is 7. The van der Waals surface area contributed by atoms with Gasteiger partial charge in [-0.2, -0.15) is 0 Å². The maximum atomic E-state index is 12.1. The lowest BCUT2D eigenvalue weighted by Crippen LogP contribution is -2.12. The van der Waals surface area contributed by atoms with Crippen molar-refractivity contribution in [3.8, 4) is 0 Å². The van der Waals surface area contributed by atoms with E-state index in [1.54, 1.807) is 6.20 Å². The fraction of sp³-hybridized carbons (Fsp3) is 0.217. The Labute approximate surface area is 160 Å². The van der Waals surface area contributed by atoms with Crippen molar-refractivity contribution < 1.29 is 4.79 Å². The molecule has 0 aliphatic heterocycles. The molecule has 0 aliphatic rings. The highest BCUT2D eigenvalue weighted by atomic mass is 16.1. The van der Waals surface area contributed by atoms with Crippen LogP contribution in [0.3, 0.4) is 0 Å². The van der Waals surface area contributed by atoms with E-state index in [-0.39, 0.29) is 5.91 Å². The average molecular weight is 359 g/mol. The lowest BCUT2D eigenvalue weighted by molar-refractivity contribution is -0.116. The van der Waals surface area contributed by atoms with Crippen LogP contribution in [0.4, 0.5) is 17.2 Å². The number of benzene rings is 2. The molecule has 4 nitrogen and oxygen atoms in total. The van der Waals surface area contributed by atoms with Gasteiger partial charge in [-0.15, -0.1) is 0 Å². The van der Waals surface area contributed by atoms with Gasteiger partial charge < -0.3 is 10.6 Å². The van der Waals surface area contributed by atoms with Gasteiger partial charge in [-0.1, -0.05) is 56.3 Å². The van der Waals surface area contributed by atoms with Crippen LogP contribution in [-0.4, -0.2) is 10.9 Å². The second-order valence-electron chi connectivity index (χ2n) is 6.87. The summed E-state index contributed by atoms with van der Waals surface area (Å²) in [5.41, 5.74) is 4.16. The third-order valence-electron chi connectivity index (χ3n) is 4.38. The van der Waals surface area contributed by atoms with Crippen LogP contribution in [0.5, 0.6) is 0 Å². The Bertz CT molecular complexity index is 856. The van der Waals surface area contributed by atoms with Crippen LogP contribution in [0.2, 0.25) is 0 Å². The zero-order valence-corrected chi connectivity index (χ0v) is 15.8. The maximum absolute atomic E-state index is 12.1. The lowest BCUT2D eigenvalue weighted by atomic mass is 10.0. The van der Waals surface area contributed by atoms with Gasteiger partial charge in [0.15, 0.2) is 0 Å². The molecule has 3 rings (SSSR count). The second kappa shape index (κ2) is 8.99. The third-order valence-corrected chi connectivity index (χ3v) is 4.38.